The summed E-state index contributed by atoms with van der Waals surface area (Å²) >= 11 is 0. The first-order chi connectivity index (χ1) is 13.3. The monoisotopic (exact) mass is 353 g/mol. The van der Waals surface area contributed by atoms with Gasteiger partial charge in [-0.15, -0.1) is 0 Å². The van der Waals surface area contributed by atoms with Crippen molar-refractivity contribution in [1.29, 1.82) is 0 Å². The highest BCUT2D eigenvalue weighted by Gasteiger charge is 2.10. The topological polar surface area (TPSA) is 22.1 Å². The van der Waals surface area contributed by atoms with E-state index in [0.29, 0.717) is 11.8 Å². The van der Waals surface area contributed by atoms with E-state index in [9.17, 15) is 0 Å². The molecule has 4 aromatic rings. The van der Waals surface area contributed by atoms with Crippen LogP contribution in [0.25, 0.3) is 10.8 Å². The predicted molar refractivity (Wildman–Crippen MR) is 111 cm³/mol. The summed E-state index contributed by atoms with van der Waals surface area (Å²) in [6, 6.07) is 29.0. The Morgan fingerprint density at radius 2 is 1.59 bits per heavy atom. The summed E-state index contributed by atoms with van der Waals surface area (Å²) in [6.45, 7) is 2.31. The van der Waals surface area contributed by atoms with Gasteiger partial charge in [-0.05, 0) is 52.8 Å². The van der Waals surface area contributed by atoms with Crippen LogP contribution in [0.3, 0.4) is 0 Å². The summed E-state index contributed by atoms with van der Waals surface area (Å²) in [5.41, 5.74) is 2.66. The smallest absolute Gasteiger partial charge is 0.219 e. The maximum Gasteiger partial charge on any atom is 0.219 e. The molecule has 27 heavy (non-hydrogen) atoms. The van der Waals surface area contributed by atoms with Gasteiger partial charge in [0.05, 0.1) is 0 Å². The molecule has 0 saturated heterocycles. The Hall–Kier alpha value is -3.13. The minimum Gasteiger partial charge on any atom is -0.439 e. The van der Waals surface area contributed by atoms with Gasteiger partial charge in [0, 0.05) is 12.3 Å². The van der Waals surface area contributed by atoms with Crippen LogP contribution in [0, 0.1) is 0 Å². The molecule has 134 valence electrons. The normalized spacial score (nSPS) is 12.0. The molecule has 0 aliphatic carbocycles. The van der Waals surface area contributed by atoms with Crippen LogP contribution >= 0.6 is 0 Å². The molecule has 0 amide bonds. The molecule has 0 spiro atoms. The molecule has 0 bridgehead atoms. The highest BCUT2D eigenvalue weighted by Crippen LogP contribution is 2.28. The Morgan fingerprint density at radius 1 is 0.815 bits per heavy atom. The Balaban J connectivity index is 1.41. The molecular weight excluding hydrogens is 330 g/mol. The molecule has 2 nitrogen and oxygen atoms in total. The maximum atomic E-state index is 5.77. The average Bonchev–Trinajstić information content (AvgIpc) is 2.73. The molecule has 3 aromatic carbocycles. The van der Waals surface area contributed by atoms with Crippen molar-refractivity contribution < 1.29 is 4.74 Å². The number of ether oxygens (including phenoxy) is 1. The van der Waals surface area contributed by atoms with E-state index in [1.165, 1.54) is 21.9 Å². The van der Waals surface area contributed by atoms with Crippen molar-refractivity contribution in [2.75, 3.05) is 0 Å². The van der Waals surface area contributed by atoms with Crippen LogP contribution in [0.5, 0.6) is 11.6 Å². The minimum absolute atomic E-state index is 0.497. The second kappa shape index (κ2) is 8.05. The summed E-state index contributed by atoms with van der Waals surface area (Å²) in [5, 5.41) is 2.67. The molecule has 2 heteroatoms. The van der Waals surface area contributed by atoms with E-state index in [1.54, 1.807) is 0 Å². The summed E-state index contributed by atoms with van der Waals surface area (Å²) in [4.78, 5) is 4.45. The molecule has 1 aromatic heterocycles. The number of nitrogens with zero attached hydrogens (tertiary/aromatic N) is 1. The van der Waals surface area contributed by atoms with Gasteiger partial charge >= 0.3 is 0 Å². The van der Waals surface area contributed by atoms with Gasteiger partial charge in [0.15, 0.2) is 0 Å². The van der Waals surface area contributed by atoms with Crippen LogP contribution in [-0.2, 0) is 6.42 Å². The van der Waals surface area contributed by atoms with Gasteiger partial charge in [0.2, 0.25) is 5.88 Å². The first-order valence-corrected chi connectivity index (χ1v) is 9.45. The highest BCUT2D eigenvalue weighted by atomic mass is 16.5. The zero-order chi connectivity index (χ0) is 18.5. The summed E-state index contributed by atoms with van der Waals surface area (Å²) in [7, 11) is 0. The number of para-hydroxylation sites is 1. The van der Waals surface area contributed by atoms with Gasteiger partial charge in [-0.3, -0.25) is 0 Å². The van der Waals surface area contributed by atoms with Gasteiger partial charge in [-0.2, -0.15) is 0 Å². The third-order valence-corrected chi connectivity index (χ3v) is 4.98. The Labute approximate surface area is 160 Å². The number of pyridine rings is 1. The second-order valence-corrected chi connectivity index (χ2v) is 6.93. The molecular formula is C25H23NO. The Bertz CT molecular complexity index is 1000. The first kappa shape index (κ1) is 17.3. The molecule has 0 aliphatic rings. The predicted octanol–water partition coefficient (Wildman–Crippen LogP) is 6.76. The van der Waals surface area contributed by atoms with E-state index >= 15 is 0 Å². The molecule has 1 heterocycles. The molecule has 0 aliphatic heterocycles. The number of aryl methyl sites for hydroxylation is 1. The molecule has 0 saturated carbocycles. The van der Waals surface area contributed by atoms with Gasteiger partial charge < -0.3 is 4.74 Å². The maximum absolute atomic E-state index is 5.77. The third-order valence-electron chi connectivity index (χ3n) is 4.98. The van der Waals surface area contributed by atoms with E-state index in [1.807, 2.05) is 42.6 Å². The summed E-state index contributed by atoms with van der Waals surface area (Å²) in [5.74, 6) is 1.94. The lowest BCUT2D eigenvalue weighted by Crippen LogP contribution is -1.98. The van der Waals surface area contributed by atoms with Crippen LogP contribution in [0.2, 0.25) is 0 Å². The standard InChI is InChI=1S/C25H23NO/c1-19(23-13-7-9-21-8-5-6-12-24(21)23)14-15-20-16-17-25(26-18-20)27-22-10-3-2-4-11-22/h2-13,16-19H,14-15H2,1H3/t19-/m0/s1. The number of benzene rings is 3. The summed E-state index contributed by atoms with van der Waals surface area (Å²) in [6.07, 6.45) is 4.02. The van der Waals surface area contributed by atoms with Crippen LogP contribution in [0.1, 0.15) is 30.4 Å². The fourth-order valence-corrected chi connectivity index (χ4v) is 3.45. The van der Waals surface area contributed by atoms with Crippen LogP contribution in [0.15, 0.2) is 91.1 Å². The van der Waals surface area contributed by atoms with Gasteiger partial charge in [-0.25, -0.2) is 4.98 Å². The number of hydrogen-bond acceptors (Lipinski definition) is 2. The zero-order valence-electron chi connectivity index (χ0n) is 15.5. The summed E-state index contributed by atoms with van der Waals surface area (Å²) < 4.78 is 5.77. The average molecular weight is 353 g/mol. The lowest BCUT2D eigenvalue weighted by atomic mass is 9.90. The highest BCUT2D eigenvalue weighted by molar-refractivity contribution is 5.86. The molecule has 4 rings (SSSR count). The van der Waals surface area contributed by atoms with Crippen molar-refractivity contribution in [3.05, 3.63) is 102 Å². The van der Waals surface area contributed by atoms with Crippen molar-refractivity contribution in [2.24, 2.45) is 0 Å². The van der Waals surface area contributed by atoms with Crippen molar-refractivity contribution in [1.82, 2.24) is 4.98 Å². The van der Waals surface area contributed by atoms with Crippen LogP contribution in [-0.4, -0.2) is 4.98 Å². The van der Waals surface area contributed by atoms with Gasteiger partial charge in [-0.1, -0.05) is 73.7 Å². The quantitative estimate of drug-likeness (QED) is 0.382. The van der Waals surface area contributed by atoms with E-state index in [0.717, 1.165) is 18.6 Å². The number of aromatic nitrogens is 1. The van der Waals surface area contributed by atoms with Crippen LogP contribution < -0.4 is 4.74 Å². The largest absolute Gasteiger partial charge is 0.439 e. The molecule has 0 N–H and O–H groups in total. The van der Waals surface area contributed by atoms with Crippen molar-refractivity contribution in [3.63, 3.8) is 0 Å². The lowest BCUT2D eigenvalue weighted by Gasteiger charge is -2.15. The third kappa shape index (κ3) is 4.17. The SMILES string of the molecule is C[C@@H](CCc1ccc(Oc2ccccc2)nc1)c1cccc2ccccc12. The zero-order valence-corrected chi connectivity index (χ0v) is 15.5. The van der Waals surface area contributed by atoms with Crippen molar-refractivity contribution in [3.8, 4) is 11.6 Å². The second-order valence-electron chi connectivity index (χ2n) is 6.93. The Kier molecular flexibility index (Phi) is 5.15. The minimum atomic E-state index is 0.497. The van der Waals surface area contributed by atoms with Gasteiger partial charge in [0.1, 0.15) is 5.75 Å². The molecule has 0 fully saturated rings. The number of hydrogen-bond donors (Lipinski definition) is 0. The lowest BCUT2D eigenvalue weighted by molar-refractivity contribution is 0.462. The van der Waals surface area contributed by atoms with Gasteiger partial charge in [0.25, 0.3) is 0 Å². The van der Waals surface area contributed by atoms with Crippen LogP contribution in [0.4, 0.5) is 0 Å². The number of rotatable bonds is 6. The van der Waals surface area contributed by atoms with E-state index in [-0.39, 0.29) is 0 Å². The van der Waals surface area contributed by atoms with E-state index in [2.05, 4.69) is 60.4 Å². The first-order valence-electron chi connectivity index (χ1n) is 9.45. The molecule has 0 radical (unpaired) electrons. The molecule has 1 atom stereocenters. The number of fused-ring (bicyclic) bond motifs is 1. The Morgan fingerprint density at radius 3 is 2.41 bits per heavy atom. The van der Waals surface area contributed by atoms with Crippen molar-refractivity contribution in [2.45, 2.75) is 25.7 Å². The fourth-order valence-electron chi connectivity index (χ4n) is 3.45. The van der Waals surface area contributed by atoms with E-state index < -0.39 is 0 Å². The van der Waals surface area contributed by atoms with Crippen molar-refractivity contribution >= 4 is 10.8 Å². The molecule has 0 unspecified atom stereocenters. The fraction of sp³-hybridized carbons (Fsp3) is 0.160. The van der Waals surface area contributed by atoms with E-state index in [4.69, 9.17) is 4.74 Å².